The second kappa shape index (κ2) is 7.19. The molecule has 1 saturated heterocycles. The zero-order valence-corrected chi connectivity index (χ0v) is 16.0. The highest BCUT2D eigenvalue weighted by Gasteiger charge is 2.27. The van der Waals surface area contributed by atoms with Crippen LogP contribution in [0.1, 0.15) is 37.7 Å². The van der Waals surface area contributed by atoms with E-state index >= 15 is 0 Å². The highest BCUT2D eigenvalue weighted by Crippen LogP contribution is 2.24. The van der Waals surface area contributed by atoms with Gasteiger partial charge < -0.3 is 19.0 Å². The zero-order valence-electron chi connectivity index (χ0n) is 15.3. The summed E-state index contributed by atoms with van der Waals surface area (Å²) in [7, 11) is 0. The molecule has 7 heteroatoms. The van der Waals surface area contributed by atoms with Crippen molar-refractivity contribution in [1.82, 2.24) is 9.80 Å². The second-order valence-electron chi connectivity index (χ2n) is 7.41. The molecule has 2 amide bonds. The molecule has 0 atom stereocenters. The number of furan rings is 1. The van der Waals surface area contributed by atoms with Crippen LogP contribution in [0.2, 0.25) is 5.02 Å². The molecule has 0 aliphatic carbocycles. The smallest absolute Gasteiger partial charge is 0.410 e. The van der Waals surface area contributed by atoms with Gasteiger partial charge in [-0.15, -0.1) is 0 Å². The molecule has 1 aliphatic heterocycles. The van der Waals surface area contributed by atoms with Crippen molar-refractivity contribution in [3.8, 4) is 0 Å². The minimum absolute atomic E-state index is 0.177. The molecule has 0 radical (unpaired) electrons. The number of rotatable bonds is 1. The summed E-state index contributed by atoms with van der Waals surface area (Å²) in [4.78, 5) is 28.4. The van der Waals surface area contributed by atoms with Gasteiger partial charge in [0.25, 0.3) is 5.91 Å². The van der Waals surface area contributed by atoms with Gasteiger partial charge in [-0.25, -0.2) is 4.79 Å². The molecule has 0 unspecified atom stereocenters. The Kier molecular flexibility index (Phi) is 5.14. The number of fused-ring (bicyclic) bond motifs is 1. The van der Waals surface area contributed by atoms with E-state index in [2.05, 4.69) is 0 Å². The van der Waals surface area contributed by atoms with E-state index in [4.69, 9.17) is 20.8 Å². The average molecular weight is 379 g/mol. The summed E-state index contributed by atoms with van der Waals surface area (Å²) in [5, 5.41) is 1.39. The third kappa shape index (κ3) is 4.30. The van der Waals surface area contributed by atoms with E-state index < -0.39 is 5.60 Å². The Morgan fingerprint density at radius 1 is 1.08 bits per heavy atom. The van der Waals surface area contributed by atoms with E-state index in [1.807, 2.05) is 20.8 Å². The van der Waals surface area contributed by atoms with Gasteiger partial charge in [0, 0.05) is 36.6 Å². The van der Waals surface area contributed by atoms with Crippen molar-refractivity contribution in [3.63, 3.8) is 0 Å². The SMILES string of the molecule is CC(C)(C)OC(=O)N1CCCN(C(=O)c2cc3cc(Cl)ccc3o2)CC1. The monoisotopic (exact) mass is 378 g/mol. The summed E-state index contributed by atoms with van der Waals surface area (Å²) in [6.07, 6.45) is 0.349. The molecule has 1 aromatic carbocycles. The van der Waals surface area contributed by atoms with Crippen LogP contribution in [0, 0.1) is 0 Å². The van der Waals surface area contributed by atoms with Crippen LogP contribution in [0.3, 0.4) is 0 Å². The molecule has 0 bridgehead atoms. The highest BCUT2D eigenvalue weighted by atomic mass is 35.5. The van der Waals surface area contributed by atoms with Crippen LogP contribution < -0.4 is 0 Å². The van der Waals surface area contributed by atoms with Crippen molar-refractivity contribution in [2.75, 3.05) is 26.2 Å². The molecule has 26 heavy (non-hydrogen) atoms. The molecule has 2 aromatic rings. The maximum absolute atomic E-state index is 12.8. The van der Waals surface area contributed by atoms with Crippen LogP contribution in [-0.2, 0) is 4.74 Å². The van der Waals surface area contributed by atoms with Crippen molar-refractivity contribution in [3.05, 3.63) is 35.0 Å². The van der Waals surface area contributed by atoms with Gasteiger partial charge in [-0.2, -0.15) is 0 Å². The lowest BCUT2D eigenvalue weighted by molar-refractivity contribution is 0.0255. The lowest BCUT2D eigenvalue weighted by Crippen LogP contribution is -2.40. The molecular formula is C19H23ClN2O4. The van der Waals surface area contributed by atoms with Gasteiger partial charge in [-0.3, -0.25) is 4.79 Å². The third-order valence-corrected chi connectivity index (χ3v) is 4.36. The first-order valence-electron chi connectivity index (χ1n) is 8.69. The fraction of sp³-hybridized carbons (Fsp3) is 0.474. The molecule has 0 spiro atoms. The molecule has 0 saturated carbocycles. The Morgan fingerprint density at radius 2 is 1.77 bits per heavy atom. The van der Waals surface area contributed by atoms with E-state index in [1.54, 1.807) is 34.1 Å². The standard InChI is InChI=1S/C19H23ClN2O4/c1-19(2,3)26-18(24)22-8-4-7-21(9-10-22)17(23)16-12-13-11-14(20)5-6-15(13)25-16/h5-6,11-12H,4,7-10H2,1-3H3. The lowest BCUT2D eigenvalue weighted by Gasteiger charge is -2.26. The van der Waals surface area contributed by atoms with Gasteiger partial charge >= 0.3 is 6.09 Å². The van der Waals surface area contributed by atoms with Crippen molar-refractivity contribution in [1.29, 1.82) is 0 Å². The summed E-state index contributed by atoms with van der Waals surface area (Å²) in [6, 6.07) is 6.96. The first-order chi connectivity index (χ1) is 12.2. The van der Waals surface area contributed by atoms with E-state index in [0.717, 1.165) is 5.39 Å². The maximum Gasteiger partial charge on any atom is 0.410 e. The predicted molar refractivity (Wildman–Crippen MR) is 99.6 cm³/mol. The van der Waals surface area contributed by atoms with Crippen LogP contribution in [0.5, 0.6) is 0 Å². The summed E-state index contributed by atoms with van der Waals surface area (Å²) < 4.78 is 11.1. The number of carbonyl (C=O) groups excluding carboxylic acids is 2. The quantitative estimate of drug-likeness (QED) is 0.747. The highest BCUT2D eigenvalue weighted by molar-refractivity contribution is 6.31. The first kappa shape index (κ1) is 18.6. The van der Waals surface area contributed by atoms with E-state index in [1.165, 1.54) is 0 Å². The van der Waals surface area contributed by atoms with Crippen molar-refractivity contribution < 1.29 is 18.7 Å². The van der Waals surface area contributed by atoms with Crippen LogP contribution in [0.15, 0.2) is 28.7 Å². The number of benzene rings is 1. The molecule has 1 aliphatic rings. The van der Waals surface area contributed by atoms with E-state index in [-0.39, 0.29) is 17.8 Å². The second-order valence-corrected chi connectivity index (χ2v) is 7.84. The largest absolute Gasteiger partial charge is 0.451 e. The zero-order chi connectivity index (χ0) is 18.9. The van der Waals surface area contributed by atoms with Crippen molar-refractivity contribution >= 4 is 34.6 Å². The number of ether oxygens (including phenoxy) is 1. The topological polar surface area (TPSA) is 63.0 Å². The number of amides is 2. The van der Waals surface area contributed by atoms with Gasteiger partial charge in [0.1, 0.15) is 11.2 Å². The van der Waals surface area contributed by atoms with Crippen molar-refractivity contribution in [2.24, 2.45) is 0 Å². The van der Waals surface area contributed by atoms with Crippen LogP contribution in [0.4, 0.5) is 4.79 Å². The summed E-state index contributed by atoms with van der Waals surface area (Å²) in [6.45, 7) is 7.53. The molecule has 0 N–H and O–H groups in total. The molecule has 140 valence electrons. The van der Waals surface area contributed by atoms with Crippen LogP contribution in [0.25, 0.3) is 11.0 Å². The summed E-state index contributed by atoms with van der Waals surface area (Å²) in [5.41, 5.74) is 0.0944. The first-order valence-corrected chi connectivity index (χ1v) is 9.07. The summed E-state index contributed by atoms with van der Waals surface area (Å²) in [5.74, 6) is 0.108. The molecule has 2 heterocycles. The Bertz CT molecular complexity index is 825. The fourth-order valence-electron chi connectivity index (χ4n) is 2.91. The Hall–Kier alpha value is -2.21. The molecule has 6 nitrogen and oxygen atoms in total. The minimum Gasteiger partial charge on any atom is -0.451 e. The van der Waals surface area contributed by atoms with Crippen molar-refractivity contribution in [2.45, 2.75) is 32.8 Å². The van der Waals surface area contributed by atoms with Gasteiger partial charge in [-0.05, 0) is 51.5 Å². The van der Waals surface area contributed by atoms with E-state index in [0.29, 0.717) is 43.2 Å². The van der Waals surface area contributed by atoms with Gasteiger partial charge in [0.05, 0.1) is 0 Å². The number of hydrogen-bond acceptors (Lipinski definition) is 4. The molecule has 1 fully saturated rings. The normalized spacial score (nSPS) is 15.8. The maximum atomic E-state index is 12.8. The molecule has 1 aromatic heterocycles. The Labute approximate surface area is 157 Å². The number of carbonyl (C=O) groups is 2. The minimum atomic E-state index is -0.533. The lowest BCUT2D eigenvalue weighted by atomic mass is 10.2. The number of hydrogen-bond donors (Lipinski definition) is 0. The van der Waals surface area contributed by atoms with Gasteiger partial charge in [0.15, 0.2) is 5.76 Å². The average Bonchev–Trinajstić information content (AvgIpc) is 2.80. The Morgan fingerprint density at radius 3 is 2.50 bits per heavy atom. The third-order valence-electron chi connectivity index (χ3n) is 4.12. The fourth-order valence-corrected chi connectivity index (χ4v) is 3.09. The Balaban J connectivity index is 1.68. The molecule has 3 rings (SSSR count). The summed E-state index contributed by atoms with van der Waals surface area (Å²) >= 11 is 5.98. The van der Waals surface area contributed by atoms with Gasteiger partial charge in [0.2, 0.25) is 0 Å². The van der Waals surface area contributed by atoms with Gasteiger partial charge in [-0.1, -0.05) is 11.6 Å². The number of nitrogens with zero attached hydrogens (tertiary/aromatic N) is 2. The van der Waals surface area contributed by atoms with Crippen LogP contribution in [-0.4, -0.2) is 53.6 Å². The van der Waals surface area contributed by atoms with E-state index in [9.17, 15) is 9.59 Å². The number of halogens is 1. The molecular weight excluding hydrogens is 356 g/mol. The predicted octanol–water partition coefficient (Wildman–Crippen LogP) is 4.17. The van der Waals surface area contributed by atoms with Crippen LogP contribution >= 0.6 is 11.6 Å².